The lowest BCUT2D eigenvalue weighted by Crippen LogP contribution is -2.40. The van der Waals surface area contributed by atoms with Gasteiger partial charge in [0.15, 0.2) is 0 Å². The number of rotatable bonds is 8. The van der Waals surface area contributed by atoms with E-state index in [1.807, 2.05) is 0 Å². The van der Waals surface area contributed by atoms with E-state index in [-0.39, 0.29) is 17.9 Å². The highest BCUT2D eigenvalue weighted by atomic mass is 35.5. The number of halogens is 1. The van der Waals surface area contributed by atoms with Crippen molar-refractivity contribution in [3.8, 4) is 0 Å². The lowest BCUT2D eigenvalue weighted by Gasteiger charge is -2.29. The van der Waals surface area contributed by atoms with Crippen molar-refractivity contribution in [1.82, 2.24) is 5.32 Å². The Kier molecular flexibility index (Phi) is 8.52. The van der Waals surface area contributed by atoms with Crippen molar-refractivity contribution < 1.29 is 4.79 Å². The predicted molar refractivity (Wildman–Crippen MR) is 82.5 cm³/mol. The van der Waals surface area contributed by atoms with Crippen LogP contribution in [-0.4, -0.2) is 17.8 Å². The quantitative estimate of drug-likeness (QED) is 0.654. The van der Waals surface area contributed by atoms with Gasteiger partial charge in [-0.15, -0.1) is 11.6 Å². The molecule has 1 aliphatic carbocycles. The van der Waals surface area contributed by atoms with Crippen molar-refractivity contribution in [2.24, 2.45) is 11.8 Å². The number of hydrogen-bond acceptors (Lipinski definition) is 1. The largest absolute Gasteiger partial charge is 0.353 e. The van der Waals surface area contributed by atoms with Gasteiger partial charge in [-0.05, 0) is 44.4 Å². The second kappa shape index (κ2) is 9.63. The summed E-state index contributed by atoms with van der Waals surface area (Å²) in [6.45, 7) is 4.36. The van der Waals surface area contributed by atoms with Gasteiger partial charge in [0.2, 0.25) is 5.91 Å². The number of unbranched alkanes of at least 4 members (excludes halogenated alkanes) is 1. The zero-order chi connectivity index (χ0) is 14.1. The molecule has 0 heterocycles. The Hall–Kier alpha value is -0.240. The van der Waals surface area contributed by atoms with Crippen LogP contribution in [0, 0.1) is 11.8 Å². The number of carbonyl (C=O) groups excluding carboxylic acids is 1. The Morgan fingerprint density at radius 1 is 1.26 bits per heavy atom. The van der Waals surface area contributed by atoms with Crippen LogP contribution in [0.3, 0.4) is 0 Å². The molecule has 1 fully saturated rings. The molecule has 2 nitrogen and oxygen atoms in total. The first kappa shape index (κ1) is 16.8. The number of hydrogen-bond donors (Lipinski definition) is 1. The zero-order valence-electron chi connectivity index (χ0n) is 12.6. The van der Waals surface area contributed by atoms with E-state index in [0.29, 0.717) is 5.88 Å². The van der Waals surface area contributed by atoms with E-state index >= 15 is 0 Å². The molecule has 1 atom stereocenters. The lowest BCUT2D eigenvalue weighted by molar-refractivity contribution is -0.127. The van der Waals surface area contributed by atoms with E-state index in [2.05, 4.69) is 19.2 Å². The SMILES string of the molecule is CCCCC1CCC(C(=O)NC(CC)CCCl)CC1. The molecule has 19 heavy (non-hydrogen) atoms. The molecule has 1 unspecified atom stereocenters. The second-order valence-corrected chi connectivity index (χ2v) is 6.33. The summed E-state index contributed by atoms with van der Waals surface area (Å²) in [4.78, 5) is 12.2. The van der Waals surface area contributed by atoms with Crippen LogP contribution in [0.15, 0.2) is 0 Å². The van der Waals surface area contributed by atoms with Crippen molar-refractivity contribution in [3.05, 3.63) is 0 Å². The van der Waals surface area contributed by atoms with Gasteiger partial charge in [0.25, 0.3) is 0 Å². The first-order valence-electron chi connectivity index (χ1n) is 8.07. The van der Waals surface area contributed by atoms with Gasteiger partial charge >= 0.3 is 0 Å². The zero-order valence-corrected chi connectivity index (χ0v) is 13.3. The summed E-state index contributed by atoms with van der Waals surface area (Å²) in [5, 5.41) is 3.17. The summed E-state index contributed by atoms with van der Waals surface area (Å²) >= 11 is 5.76. The van der Waals surface area contributed by atoms with Crippen LogP contribution in [0.1, 0.15) is 71.6 Å². The van der Waals surface area contributed by atoms with Gasteiger partial charge in [-0.25, -0.2) is 0 Å². The van der Waals surface area contributed by atoms with E-state index < -0.39 is 0 Å². The van der Waals surface area contributed by atoms with Crippen molar-refractivity contribution in [2.45, 2.75) is 77.7 Å². The van der Waals surface area contributed by atoms with Crippen LogP contribution < -0.4 is 5.32 Å². The average Bonchev–Trinajstić information content (AvgIpc) is 2.45. The number of nitrogens with one attached hydrogen (secondary N) is 1. The maximum absolute atomic E-state index is 12.2. The molecule has 0 saturated heterocycles. The first-order valence-corrected chi connectivity index (χ1v) is 8.61. The molecule has 0 aromatic carbocycles. The van der Waals surface area contributed by atoms with E-state index in [1.165, 1.54) is 32.1 Å². The minimum absolute atomic E-state index is 0.252. The fourth-order valence-electron chi connectivity index (χ4n) is 3.04. The molecular weight excluding hydrogens is 258 g/mol. The standard InChI is InChI=1S/C16H30ClNO/c1-3-5-6-13-7-9-14(10-8-13)16(19)18-15(4-2)11-12-17/h13-15H,3-12H2,1-2H3,(H,18,19). The minimum atomic E-state index is 0.252. The first-order chi connectivity index (χ1) is 9.21. The summed E-state index contributed by atoms with van der Waals surface area (Å²) in [6, 6.07) is 0.266. The molecule has 1 aliphatic rings. The second-order valence-electron chi connectivity index (χ2n) is 5.95. The Bertz CT molecular complexity index is 249. The van der Waals surface area contributed by atoms with Crippen LogP contribution in [0.4, 0.5) is 0 Å². The summed E-state index contributed by atoms with van der Waals surface area (Å²) in [5.41, 5.74) is 0. The molecular formula is C16H30ClNO. The van der Waals surface area contributed by atoms with Gasteiger partial charge in [-0.1, -0.05) is 33.1 Å². The smallest absolute Gasteiger partial charge is 0.223 e. The predicted octanol–water partition coefficient (Wildman–Crippen LogP) is 4.51. The molecule has 0 radical (unpaired) electrons. The van der Waals surface area contributed by atoms with Gasteiger partial charge in [-0.3, -0.25) is 4.79 Å². The third kappa shape index (κ3) is 6.16. The van der Waals surface area contributed by atoms with Crippen LogP contribution in [0.2, 0.25) is 0 Å². The van der Waals surface area contributed by atoms with E-state index in [9.17, 15) is 4.79 Å². The molecule has 0 bridgehead atoms. The summed E-state index contributed by atoms with van der Waals surface area (Å²) in [5.74, 6) is 2.02. The average molecular weight is 288 g/mol. The summed E-state index contributed by atoms with van der Waals surface area (Å²) in [7, 11) is 0. The number of carbonyl (C=O) groups is 1. The monoisotopic (exact) mass is 287 g/mol. The molecule has 1 rings (SSSR count). The van der Waals surface area contributed by atoms with Gasteiger partial charge in [-0.2, -0.15) is 0 Å². The number of amides is 1. The maximum Gasteiger partial charge on any atom is 0.223 e. The third-order valence-corrected chi connectivity index (χ3v) is 4.70. The molecule has 0 spiro atoms. The molecule has 0 aromatic rings. The van der Waals surface area contributed by atoms with Crippen LogP contribution >= 0.6 is 11.6 Å². The van der Waals surface area contributed by atoms with Gasteiger partial charge in [0, 0.05) is 17.8 Å². The van der Waals surface area contributed by atoms with Crippen molar-refractivity contribution in [3.63, 3.8) is 0 Å². The fourth-order valence-corrected chi connectivity index (χ4v) is 3.30. The molecule has 0 aliphatic heterocycles. The Morgan fingerprint density at radius 3 is 2.47 bits per heavy atom. The molecule has 1 amide bonds. The molecule has 112 valence electrons. The van der Waals surface area contributed by atoms with Crippen molar-refractivity contribution in [1.29, 1.82) is 0 Å². The van der Waals surface area contributed by atoms with Gasteiger partial charge < -0.3 is 5.32 Å². The molecule has 1 N–H and O–H groups in total. The molecule has 0 aromatic heterocycles. The van der Waals surface area contributed by atoms with Crippen molar-refractivity contribution >= 4 is 17.5 Å². The Morgan fingerprint density at radius 2 is 1.95 bits per heavy atom. The van der Waals surface area contributed by atoms with Gasteiger partial charge in [0.1, 0.15) is 0 Å². The van der Waals surface area contributed by atoms with E-state index in [1.54, 1.807) is 0 Å². The van der Waals surface area contributed by atoms with E-state index in [0.717, 1.165) is 31.6 Å². The highest BCUT2D eigenvalue weighted by Gasteiger charge is 2.26. The van der Waals surface area contributed by atoms with E-state index in [4.69, 9.17) is 11.6 Å². The van der Waals surface area contributed by atoms with Crippen LogP contribution in [0.25, 0.3) is 0 Å². The van der Waals surface area contributed by atoms with Crippen molar-refractivity contribution in [2.75, 3.05) is 5.88 Å². The van der Waals surface area contributed by atoms with Crippen LogP contribution in [-0.2, 0) is 4.79 Å². The molecule has 1 saturated carbocycles. The normalized spacial score (nSPS) is 25.0. The Balaban J connectivity index is 2.28. The highest BCUT2D eigenvalue weighted by Crippen LogP contribution is 2.32. The number of alkyl halides is 1. The fraction of sp³-hybridized carbons (Fsp3) is 0.938. The summed E-state index contributed by atoms with van der Waals surface area (Å²) < 4.78 is 0. The molecule has 3 heteroatoms. The summed E-state index contributed by atoms with van der Waals surface area (Å²) in [6.07, 6.45) is 10.5. The maximum atomic E-state index is 12.2. The minimum Gasteiger partial charge on any atom is -0.353 e. The van der Waals surface area contributed by atoms with Gasteiger partial charge in [0.05, 0.1) is 0 Å². The topological polar surface area (TPSA) is 29.1 Å². The third-order valence-electron chi connectivity index (χ3n) is 4.48. The Labute approximate surface area is 123 Å². The lowest BCUT2D eigenvalue weighted by atomic mass is 9.79. The highest BCUT2D eigenvalue weighted by molar-refractivity contribution is 6.17. The van der Waals surface area contributed by atoms with Crippen LogP contribution in [0.5, 0.6) is 0 Å².